The van der Waals surface area contributed by atoms with Gasteiger partial charge in [0, 0.05) is 18.7 Å². The van der Waals surface area contributed by atoms with Crippen LogP contribution in [0.4, 0.5) is 0 Å². The molecule has 1 aromatic carbocycles. The van der Waals surface area contributed by atoms with Gasteiger partial charge in [-0.3, -0.25) is 4.79 Å². The predicted octanol–water partition coefficient (Wildman–Crippen LogP) is -0.200. The molecule has 0 aliphatic carbocycles. The standard InChI is InChI=1S/C16H25N3O5S/c1-19(2)8-10-24-15-7-9-23-11-14(15)18-25(21,22)13-5-3-12(4-6-13)16(17)20/h3-6,14-15,18H,7-11H2,1-2H3,(H2,17,20)/t14-,15+/m0/s1. The van der Waals surface area contributed by atoms with Gasteiger partial charge in [0.2, 0.25) is 15.9 Å². The van der Waals surface area contributed by atoms with Crippen LogP contribution in [0.5, 0.6) is 0 Å². The summed E-state index contributed by atoms with van der Waals surface area (Å²) in [6.07, 6.45) is 0.384. The van der Waals surface area contributed by atoms with Crippen LogP contribution >= 0.6 is 0 Å². The highest BCUT2D eigenvalue weighted by Crippen LogP contribution is 2.16. The van der Waals surface area contributed by atoms with Gasteiger partial charge in [0.05, 0.1) is 30.3 Å². The molecule has 25 heavy (non-hydrogen) atoms. The molecular weight excluding hydrogens is 346 g/mol. The number of carbonyl (C=O) groups excluding carboxylic acids is 1. The third-order valence-electron chi connectivity index (χ3n) is 3.92. The van der Waals surface area contributed by atoms with Crippen LogP contribution in [-0.4, -0.2) is 71.8 Å². The monoisotopic (exact) mass is 371 g/mol. The summed E-state index contributed by atoms with van der Waals surface area (Å²) in [7, 11) is 0.146. The van der Waals surface area contributed by atoms with E-state index in [4.69, 9.17) is 15.2 Å². The minimum atomic E-state index is -3.75. The summed E-state index contributed by atoms with van der Waals surface area (Å²) in [4.78, 5) is 13.2. The van der Waals surface area contributed by atoms with Crippen LogP contribution in [0.25, 0.3) is 0 Å². The number of primary amides is 1. The Kier molecular flexibility index (Phi) is 6.91. The zero-order valence-electron chi connectivity index (χ0n) is 14.5. The lowest BCUT2D eigenvalue weighted by atomic mass is 10.1. The van der Waals surface area contributed by atoms with Crippen molar-refractivity contribution in [2.45, 2.75) is 23.5 Å². The second-order valence-corrected chi connectivity index (χ2v) is 7.91. The van der Waals surface area contributed by atoms with E-state index in [2.05, 4.69) is 4.72 Å². The molecule has 2 atom stereocenters. The molecule has 9 heteroatoms. The molecule has 0 radical (unpaired) electrons. The van der Waals surface area contributed by atoms with Gasteiger partial charge in [0.15, 0.2) is 0 Å². The van der Waals surface area contributed by atoms with Gasteiger partial charge in [-0.2, -0.15) is 0 Å². The summed E-state index contributed by atoms with van der Waals surface area (Å²) in [5, 5.41) is 0. The van der Waals surface area contributed by atoms with Crippen LogP contribution in [-0.2, 0) is 19.5 Å². The highest BCUT2D eigenvalue weighted by atomic mass is 32.2. The van der Waals surface area contributed by atoms with Crippen molar-refractivity contribution in [3.05, 3.63) is 29.8 Å². The van der Waals surface area contributed by atoms with E-state index in [0.29, 0.717) is 19.6 Å². The van der Waals surface area contributed by atoms with Gasteiger partial charge in [-0.25, -0.2) is 13.1 Å². The second-order valence-electron chi connectivity index (χ2n) is 6.19. The minimum Gasteiger partial charge on any atom is -0.380 e. The predicted molar refractivity (Wildman–Crippen MR) is 92.8 cm³/mol. The van der Waals surface area contributed by atoms with Crippen molar-refractivity contribution in [1.82, 2.24) is 9.62 Å². The van der Waals surface area contributed by atoms with Crippen molar-refractivity contribution in [1.29, 1.82) is 0 Å². The molecule has 0 unspecified atom stereocenters. The average molecular weight is 371 g/mol. The quantitative estimate of drug-likeness (QED) is 0.655. The van der Waals surface area contributed by atoms with Crippen molar-refractivity contribution in [2.75, 3.05) is 40.5 Å². The molecule has 0 saturated carbocycles. The molecule has 1 fully saturated rings. The van der Waals surface area contributed by atoms with E-state index in [-0.39, 0.29) is 23.2 Å². The molecule has 8 nitrogen and oxygen atoms in total. The number of sulfonamides is 1. The number of ether oxygens (including phenoxy) is 2. The van der Waals surface area contributed by atoms with E-state index in [1.54, 1.807) is 0 Å². The molecule has 1 aliphatic heterocycles. The number of amides is 1. The smallest absolute Gasteiger partial charge is 0.248 e. The first-order valence-corrected chi connectivity index (χ1v) is 9.54. The van der Waals surface area contributed by atoms with Gasteiger partial charge in [-0.1, -0.05) is 0 Å². The van der Waals surface area contributed by atoms with Crippen molar-refractivity contribution >= 4 is 15.9 Å². The lowest BCUT2D eigenvalue weighted by Gasteiger charge is -2.32. The largest absolute Gasteiger partial charge is 0.380 e. The summed E-state index contributed by atoms with van der Waals surface area (Å²) in [5.74, 6) is -0.605. The number of likely N-dealkylation sites (N-methyl/N-ethyl adjacent to an activating group) is 1. The molecule has 1 saturated heterocycles. The third kappa shape index (κ3) is 5.75. The fourth-order valence-electron chi connectivity index (χ4n) is 2.48. The van der Waals surface area contributed by atoms with E-state index in [0.717, 1.165) is 6.54 Å². The Morgan fingerprint density at radius 1 is 1.36 bits per heavy atom. The first kappa shape index (κ1) is 19.8. The molecular formula is C16H25N3O5S. The van der Waals surface area contributed by atoms with E-state index in [9.17, 15) is 13.2 Å². The summed E-state index contributed by atoms with van der Waals surface area (Å²) < 4.78 is 39.0. The van der Waals surface area contributed by atoms with Crippen molar-refractivity contribution in [2.24, 2.45) is 5.73 Å². The molecule has 1 amide bonds. The zero-order valence-corrected chi connectivity index (χ0v) is 15.3. The highest BCUT2D eigenvalue weighted by Gasteiger charge is 2.31. The van der Waals surface area contributed by atoms with Gasteiger partial charge in [-0.05, 0) is 44.8 Å². The lowest BCUT2D eigenvalue weighted by Crippen LogP contribution is -2.50. The molecule has 0 spiro atoms. The summed E-state index contributed by atoms with van der Waals surface area (Å²) in [6.45, 7) is 2.07. The van der Waals surface area contributed by atoms with E-state index >= 15 is 0 Å². The molecule has 0 bridgehead atoms. The molecule has 1 aliphatic rings. The Balaban J connectivity index is 2.04. The van der Waals surface area contributed by atoms with Gasteiger partial charge in [0.1, 0.15) is 0 Å². The number of carbonyl (C=O) groups is 1. The average Bonchev–Trinajstić information content (AvgIpc) is 2.56. The minimum absolute atomic E-state index is 0.0649. The van der Waals surface area contributed by atoms with Crippen LogP contribution in [0, 0.1) is 0 Å². The van der Waals surface area contributed by atoms with Crippen molar-refractivity contribution in [3.63, 3.8) is 0 Å². The number of hydrogen-bond acceptors (Lipinski definition) is 6. The fourth-order valence-corrected chi connectivity index (χ4v) is 3.73. The van der Waals surface area contributed by atoms with Crippen molar-refractivity contribution < 1.29 is 22.7 Å². The van der Waals surface area contributed by atoms with Gasteiger partial charge >= 0.3 is 0 Å². The third-order valence-corrected chi connectivity index (χ3v) is 5.42. The fraction of sp³-hybridized carbons (Fsp3) is 0.562. The number of nitrogens with two attached hydrogens (primary N) is 1. The first-order chi connectivity index (χ1) is 11.8. The van der Waals surface area contributed by atoms with E-state index < -0.39 is 22.0 Å². The van der Waals surface area contributed by atoms with E-state index in [1.807, 2.05) is 19.0 Å². The summed E-state index contributed by atoms with van der Waals surface area (Å²) >= 11 is 0. The second kappa shape index (κ2) is 8.72. The Bertz CT molecular complexity index is 676. The van der Waals surface area contributed by atoms with Crippen LogP contribution in [0.1, 0.15) is 16.8 Å². The maximum absolute atomic E-state index is 12.6. The number of nitrogens with zero attached hydrogens (tertiary/aromatic N) is 1. The number of hydrogen-bond donors (Lipinski definition) is 2. The van der Waals surface area contributed by atoms with Gasteiger partial charge in [0.25, 0.3) is 0 Å². The maximum atomic E-state index is 12.6. The van der Waals surface area contributed by atoms with Crippen LogP contribution < -0.4 is 10.5 Å². The molecule has 0 aromatic heterocycles. The Morgan fingerprint density at radius 2 is 2.04 bits per heavy atom. The zero-order chi connectivity index (χ0) is 18.4. The van der Waals surface area contributed by atoms with Crippen LogP contribution in [0.2, 0.25) is 0 Å². The Hall–Kier alpha value is -1.52. The first-order valence-electron chi connectivity index (χ1n) is 8.06. The number of benzene rings is 1. The molecule has 1 heterocycles. The Morgan fingerprint density at radius 3 is 2.64 bits per heavy atom. The number of rotatable bonds is 8. The molecule has 2 rings (SSSR count). The van der Waals surface area contributed by atoms with Crippen LogP contribution in [0.15, 0.2) is 29.2 Å². The Labute approximate surface area is 148 Å². The van der Waals surface area contributed by atoms with Crippen LogP contribution in [0.3, 0.4) is 0 Å². The summed E-state index contributed by atoms with van der Waals surface area (Å²) in [6, 6.07) is 5.03. The SMILES string of the molecule is CN(C)CCO[C@@H]1CCOC[C@@H]1NS(=O)(=O)c1ccc(C(N)=O)cc1. The maximum Gasteiger partial charge on any atom is 0.248 e. The topological polar surface area (TPSA) is 111 Å². The summed E-state index contributed by atoms with van der Waals surface area (Å²) in [5.41, 5.74) is 5.42. The lowest BCUT2D eigenvalue weighted by molar-refractivity contribution is -0.0527. The number of nitrogens with one attached hydrogen (secondary N) is 1. The molecule has 140 valence electrons. The highest BCUT2D eigenvalue weighted by molar-refractivity contribution is 7.89. The van der Waals surface area contributed by atoms with Gasteiger partial charge < -0.3 is 20.1 Å². The molecule has 3 N–H and O–H groups in total. The van der Waals surface area contributed by atoms with Crippen molar-refractivity contribution in [3.8, 4) is 0 Å². The van der Waals surface area contributed by atoms with Gasteiger partial charge in [-0.15, -0.1) is 0 Å². The normalized spacial score (nSPS) is 21.4. The van der Waals surface area contributed by atoms with E-state index in [1.165, 1.54) is 24.3 Å². The molecule has 1 aromatic rings.